The van der Waals surface area contributed by atoms with Crippen molar-refractivity contribution in [2.24, 2.45) is 12.8 Å². The molecule has 3 aromatic rings. The summed E-state index contributed by atoms with van der Waals surface area (Å²) in [5.74, 6) is 0.399. The zero-order valence-electron chi connectivity index (χ0n) is 14.7. The van der Waals surface area contributed by atoms with Gasteiger partial charge in [-0.2, -0.15) is 0 Å². The van der Waals surface area contributed by atoms with Gasteiger partial charge < -0.3 is 15.2 Å². The lowest BCUT2D eigenvalue weighted by Gasteiger charge is -2.22. The van der Waals surface area contributed by atoms with Gasteiger partial charge in [-0.1, -0.05) is 36.0 Å². The van der Waals surface area contributed by atoms with Crippen molar-refractivity contribution in [1.82, 2.24) is 14.8 Å². The topological polar surface area (TPSA) is 94.1 Å². The molecule has 0 aliphatic heterocycles. The van der Waals surface area contributed by atoms with E-state index < -0.39 is 5.91 Å². The fraction of sp³-hybridized carbons (Fsp3) is 0.222. The van der Waals surface area contributed by atoms with Crippen LogP contribution in [0.15, 0.2) is 53.0 Å². The Hall–Kier alpha value is -2.65. The van der Waals surface area contributed by atoms with Gasteiger partial charge in [-0.15, -0.1) is 21.5 Å². The Morgan fingerprint density at radius 3 is 2.63 bits per heavy atom. The summed E-state index contributed by atoms with van der Waals surface area (Å²) in [6, 6.07) is 13.2. The van der Waals surface area contributed by atoms with E-state index in [4.69, 9.17) is 5.73 Å². The van der Waals surface area contributed by atoms with E-state index in [1.807, 2.05) is 59.5 Å². The molecule has 0 unspecified atom stereocenters. The number of primary amides is 1. The molecular formula is C18H19N5O2S2. The van der Waals surface area contributed by atoms with Gasteiger partial charge in [-0.05, 0) is 23.6 Å². The molecule has 0 aliphatic carbocycles. The Morgan fingerprint density at radius 2 is 1.96 bits per heavy atom. The number of hydrogen-bond donors (Lipinski definition) is 1. The molecule has 0 saturated heterocycles. The number of nitrogens with zero attached hydrogens (tertiary/aromatic N) is 4. The van der Waals surface area contributed by atoms with Crippen molar-refractivity contribution in [3.05, 3.63) is 47.8 Å². The van der Waals surface area contributed by atoms with E-state index in [-0.39, 0.29) is 24.6 Å². The van der Waals surface area contributed by atoms with Gasteiger partial charge in [-0.25, -0.2) is 0 Å². The van der Waals surface area contributed by atoms with Gasteiger partial charge in [-0.3, -0.25) is 9.59 Å². The van der Waals surface area contributed by atoms with Gasteiger partial charge in [0.15, 0.2) is 11.0 Å². The first-order chi connectivity index (χ1) is 13.1. The minimum absolute atomic E-state index is 0.109. The first-order valence-corrected chi connectivity index (χ1v) is 10.1. The first kappa shape index (κ1) is 19.1. The van der Waals surface area contributed by atoms with Crippen LogP contribution < -0.4 is 10.6 Å². The van der Waals surface area contributed by atoms with Crippen LogP contribution in [0.25, 0.3) is 10.7 Å². The number of para-hydroxylation sites is 1. The minimum Gasteiger partial charge on any atom is -0.370 e. The van der Waals surface area contributed by atoms with Crippen LogP contribution in [0, 0.1) is 0 Å². The standard InChI is InChI=1S/C18H19N5O2S2/c1-22-17(14-8-5-11-26-14)20-21-18(22)27-12-16(25)23(10-9-15(19)24)13-6-3-2-4-7-13/h2-8,11H,9-10,12H2,1H3,(H2,19,24). The molecular weight excluding hydrogens is 382 g/mol. The van der Waals surface area contributed by atoms with Crippen LogP contribution in [-0.2, 0) is 16.6 Å². The Bertz CT molecular complexity index is 909. The molecule has 2 heterocycles. The highest BCUT2D eigenvalue weighted by Crippen LogP contribution is 2.26. The Labute approximate surface area is 165 Å². The maximum atomic E-state index is 12.8. The lowest BCUT2D eigenvalue weighted by Crippen LogP contribution is -2.35. The summed E-state index contributed by atoms with van der Waals surface area (Å²) < 4.78 is 1.88. The van der Waals surface area contributed by atoms with Crippen LogP contribution in [0.1, 0.15) is 6.42 Å². The number of carbonyl (C=O) groups excluding carboxylic acids is 2. The van der Waals surface area contributed by atoms with Crippen molar-refractivity contribution >= 4 is 40.6 Å². The number of amides is 2. The lowest BCUT2D eigenvalue weighted by molar-refractivity contribution is -0.118. The molecule has 2 amide bonds. The third-order valence-electron chi connectivity index (χ3n) is 3.85. The SMILES string of the molecule is Cn1c(SCC(=O)N(CCC(N)=O)c2ccccc2)nnc1-c1cccs1. The van der Waals surface area contributed by atoms with Crippen molar-refractivity contribution in [2.75, 3.05) is 17.2 Å². The molecule has 9 heteroatoms. The summed E-state index contributed by atoms with van der Waals surface area (Å²) >= 11 is 2.90. The van der Waals surface area contributed by atoms with Gasteiger partial charge in [0.2, 0.25) is 11.8 Å². The van der Waals surface area contributed by atoms with Crippen LogP contribution in [0.4, 0.5) is 5.69 Å². The van der Waals surface area contributed by atoms with E-state index in [0.717, 1.165) is 16.4 Å². The highest BCUT2D eigenvalue weighted by atomic mass is 32.2. The molecule has 2 N–H and O–H groups in total. The minimum atomic E-state index is -0.440. The van der Waals surface area contributed by atoms with Crippen LogP contribution in [0.5, 0.6) is 0 Å². The zero-order chi connectivity index (χ0) is 19.2. The largest absolute Gasteiger partial charge is 0.370 e. The van der Waals surface area contributed by atoms with Gasteiger partial charge in [0, 0.05) is 25.7 Å². The molecule has 0 aliphatic rings. The summed E-state index contributed by atoms with van der Waals surface area (Å²) in [7, 11) is 1.88. The van der Waals surface area contributed by atoms with E-state index in [9.17, 15) is 9.59 Å². The van der Waals surface area contributed by atoms with Crippen LogP contribution in [0.2, 0.25) is 0 Å². The molecule has 0 spiro atoms. The number of hydrogen-bond acceptors (Lipinski definition) is 6. The summed E-state index contributed by atoms with van der Waals surface area (Å²) in [5.41, 5.74) is 5.99. The average Bonchev–Trinajstić information content (AvgIpc) is 3.30. The van der Waals surface area contributed by atoms with Gasteiger partial charge in [0.05, 0.1) is 10.6 Å². The summed E-state index contributed by atoms with van der Waals surface area (Å²) in [5, 5.41) is 11.0. The normalized spacial score (nSPS) is 10.7. The number of nitrogens with two attached hydrogens (primary N) is 1. The number of anilines is 1. The maximum Gasteiger partial charge on any atom is 0.237 e. The van der Waals surface area contributed by atoms with Gasteiger partial charge in [0.1, 0.15) is 0 Å². The summed E-state index contributed by atoms with van der Waals surface area (Å²) in [4.78, 5) is 26.5. The first-order valence-electron chi connectivity index (χ1n) is 8.26. The third kappa shape index (κ3) is 4.75. The highest BCUT2D eigenvalue weighted by Gasteiger charge is 2.19. The summed E-state index contributed by atoms with van der Waals surface area (Å²) in [6.45, 7) is 0.248. The summed E-state index contributed by atoms with van der Waals surface area (Å²) in [6.07, 6.45) is 0.109. The molecule has 7 nitrogen and oxygen atoms in total. The predicted molar refractivity (Wildman–Crippen MR) is 108 cm³/mol. The lowest BCUT2D eigenvalue weighted by atomic mass is 10.2. The van der Waals surface area contributed by atoms with Crippen molar-refractivity contribution in [1.29, 1.82) is 0 Å². The van der Waals surface area contributed by atoms with E-state index in [1.54, 1.807) is 16.2 Å². The Balaban J connectivity index is 1.70. The molecule has 0 atom stereocenters. The molecule has 2 aromatic heterocycles. The van der Waals surface area contributed by atoms with Crippen LogP contribution in [-0.4, -0.2) is 38.9 Å². The second kappa shape index (κ2) is 8.83. The Morgan fingerprint density at radius 1 is 1.19 bits per heavy atom. The average molecular weight is 402 g/mol. The van der Waals surface area contributed by atoms with Crippen molar-refractivity contribution < 1.29 is 9.59 Å². The number of benzene rings is 1. The molecule has 27 heavy (non-hydrogen) atoms. The number of thioether (sulfide) groups is 1. The Kier molecular flexibility index (Phi) is 6.25. The van der Waals surface area contributed by atoms with Crippen molar-refractivity contribution in [3.8, 4) is 10.7 Å². The third-order valence-corrected chi connectivity index (χ3v) is 5.72. The maximum absolute atomic E-state index is 12.8. The van der Waals surface area contributed by atoms with Crippen LogP contribution >= 0.6 is 23.1 Å². The zero-order valence-corrected chi connectivity index (χ0v) is 16.4. The molecule has 1 aromatic carbocycles. The number of carbonyl (C=O) groups is 2. The van der Waals surface area contributed by atoms with E-state index in [0.29, 0.717) is 5.16 Å². The smallest absolute Gasteiger partial charge is 0.237 e. The number of thiophene rings is 1. The fourth-order valence-corrected chi connectivity index (χ4v) is 4.02. The van der Waals surface area contributed by atoms with Gasteiger partial charge in [0.25, 0.3) is 0 Å². The van der Waals surface area contributed by atoms with E-state index >= 15 is 0 Å². The van der Waals surface area contributed by atoms with Gasteiger partial charge >= 0.3 is 0 Å². The van der Waals surface area contributed by atoms with Crippen molar-refractivity contribution in [3.63, 3.8) is 0 Å². The monoisotopic (exact) mass is 401 g/mol. The molecule has 0 bridgehead atoms. The van der Waals surface area contributed by atoms with E-state index in [2.05, 4.69) is 10.2 Å². The fourth-order valence-electron chi connectivity index (χ4n) is 2.49. The number of rotatable bonds is 8. The molecule has 140 valence electrons. The number of aromatic nitrogens is 3. The molecule has 0 fully saturated rings. The predicted octanol–water partition coefficient (Wildman–Crippen LogP) is 2.54. The molecule has 0 saturated carbocycles. The second-order valence-corrected chi connectivity index (χ2v) is 7.62. The quantitative estimate of drug-likeness (QED) is 0.586. The van der Waals surface area contributed by atoms with Crippen molar-refractivity contribution in [2.45, 2.75) is 11.6 Å². The van der Waals surface area contributed by atoms with Crippen LogP contribution in [0.3, 0.4) is 0 Å². The second-order valence-electron chi connectivity index (χ2n) is 5.73. The highest BCUT2D eigenvalue weighted by molar-refractivity contribution is 7.99. The van der Waals surface area contributed by atoms with E-state index in [1.165, 1.54) is 11.8 Å². The molecule has 0 radical (unpaired) electrons. The molecule has 3 rings (SSSR count).